The van der Waals surface area contributed by atoms with Crippen LogP contribution in [0.15, 0.2) is 0 Å². The predicted octanol–water partition coefficient (Wildman–Crippen LogP) is 0.643. The first-order valence-electron chi connectivity index (χ1n) is 4.76. The summed E-state index contributed by atoms with van der Waals surface area (Å²) in [4.78, 5) is 34.8. The molecule has 5 nitrogen and oxygen atoms in total. The molecule has 14 heavy (non-hydrogen) atoms. The smallest absolute Gasteiger partial charge is 0.277 e. The number of imide groups is 2. The monoisotopic (exact) mass is 198 g/mol. The van der Waals surface area contributed by atoms with Crippen molar-refractivity contribution in [3.8, 4) is 0 Å². The number of carbonyl (C=O) groups excluding carboxylic acids is 3. The minimum absolute atomic E-state index is 0.101. The molecule has 0 aromatic carbocycles. The fourth-order valence-corrected chi connectivity index (χ4v) is 1.58. The highest BCUT2D eigenvalue weighted by Gasteiger charge is 2.34. The summed E-state index contributed by atoms with van der Waals surface area (Å²) in [5.74, 6) is -0.908. The third kappa shape index (κ3) is 1.92. The average molecular weight is 198 g/mol. The van der Waals surface area contributed by atoms with Crippen LogP contribution in [0.4, 0.5) is 4.79 Å². The highest BCUT2D eigenvalue weighted by Crippen LogP contribution is 2.13. The molecule has 0 spiro atoms. The van der Waals surface area contributed by atoms with Crippen molar-refractivity contribution in [2.75, 3.05) is 0 Å². The van der Waals surface area contributed by atoms with E-state index >= 15 is 0 Å². The van der Waals surface area contributed by atoms with Crippen LogP contribution in [0.3, 0.4) is 0 Å². The summed E-state index contributed by atoms with van der Waals surface area (Å²) in [5.41, 5.74) is 0. The minimum Gasteiger partial charge on any atom is -0.277 e. The van der Waals surface area contributed by atoms with Crippen molar-refractivity contribution in [1.82, 2.24) is 10.2 Å². The molecule has 4 amide bonds. The molecule has 78 valence electrons. The number of hydrogen-bond donors (Lipinski definition) is 1. The van der Waals surface area contributed by atoms with E-state index in [4.69, 9.17) is 0 Å². The van der Waals surface area contributed by atoms with Gasteiger partial charge in [-0.05, 0) is 12.8 Å². The van der Waals surface area contributed by atoms with Gasteiger partial charge in [0.15, 0.2) is 0 Å². The zero-order valence-electron chi connectivity index (χ0n) is 8.37. The fourth-order valence-electron chi connectivity index (χ4n) is 1.58. The predicted molar refractivity (Wildman–Crippen MR) is 49.4 cm³/mol. The largest absolute Gasteiger partial charge is 0.331 e. The van der Waals surface area contributed by atoms with Crippen LogP contribution in [0, 0.1) is 0 Å². The van der Waals surface area contributed by atoms with Gasteiger partial charge in [-0.15, -0.1) is 0 Å². The second kappa shape index (κ2) is 4.21. The van der Waals surface area contributed by atoms with Gasteiger partial charge in [-0.25, -0.2) is 4.79 Å². The first-order valence-corrected chi connectivity index (χ1v) is 4.76. The standard InChI is InChI=1S/C9H14N2O3/c1-3-6(4-2)11-8(13)5-7(12)10-9(11)14/h6H,3-5H2,1-2H3,(H,10,12,14). The van der Waals surface area contributed by atoms with Gasteiger partial charge in [0.2, 0.25) is 11.8 Å². The average Bonchev–Trinajstić information content (AvgIpc) is 2.10. The van der Waals surface area contributed by atoms with Gasteiger partial charge in [-0.2, -0.15) is 0 Å². The number of rotatable bonds is 3. The number of amides is 4. The van der Waals surface area contributed by atoms with E-state index in [0.29, 0.717) is 12.8 Å². The third-order valence-electron chi connectivity index (χ3n) is 2.35. The Labute approximate surface area is 82.4 Å². The van der Waals surface area contributed by atoms with E-state index in [1.165, 1.54) is 0 Å². The van der Waals surface area contributed by atoms with Crippen LogP contribution in [-0.4, -0.2) is 28.8 Å². The fraction of sp³-hybridized carbons (Fsp3) is 0.667. The van der Waals surface area contributed by atoms with Crippen molar-refractivity contribution in [3.63, 3.8) is 0 Å². The maximum atomic E-state index is 11.4. The Morgan fingerprint density at radius 1 is 1.29 bits per heavy atom. The number of nitrogens with zero attached hydrogens (tertiary/aromatic N) is 1. The van der Waals surface area contributed by atoms with Crippen LogP contribution >= 0.6 is 0 Å². The maximum Gasteiger partial charge on any atom is 0.331 e. The van der Waals surface area contributed by atoms with Gasteiger partial charge in [0.1, 0.15) is 6.42 Å². The molecule has 1 aliphatic heterocycles. The maximum absolute atomic E-state index is 11.4. The van der Waals surface area contributed by atoms with Gasteiger partial charge >= 0.3 is 6.03 Å². The lowest BCUT2D eigenvalue weighted by Gasteiger charge is -2.31. The molecule has 0 atom stereocenters. The van der Waals surface area contributed by atoms with Gasteiger partial charge in [0, 0.05) is 6.04 Å². The number of urea groups is 1. The molecule has 1 rings (SSSR count). The summed E-state index contributed by atoms with van der Waals surface area (Å²) in [6.45, 7) is 3.82. The van der Waals surface area contributed by atoms with Gasteiger partial charge in [0.25, 0.3) is 0 Å². The molecule has 0 aromatic heterocycles. The van der Waals surface area contributed by atoms with Crippen LogP contribution in [0.25, 0.3) is 0 Å². The van der Waals surface area contributed by atoms with E-state index in [9.17, 15) is 14.4 Å². The van der Waals surface area contributed by atoms with Crippen molar-refractivity contribution in [1.29, 1.82) is 0 Å². The Hall–Kier alpha value is -1.39. The highest BCUT2D eigenvalue weighted by molar-refractivity contribution is 6.14. The van der Waals surface area contributed by atoms with E-state index in [2.05, 4.69) is 5.32 Å². The molecule has 5 heteroatoms. The third-order valence-corrected chi connectivity index (χ3v) is 2.35. The molecule has 1 N–H and O–H groups in total. The first-order chi connectivity index (χ1) is 6.60. The molecule has 1 aliphatic rings. The lowest BCUT2D eigenvalue weighted by Crippen LogP contribution is -2.56. The van der Waals surface area contributed by atoms with E-state index in [1.54, 1.807) is 0 Å². The van der Waals surface area contributed by atoms with Crippen molar-refractivity contribution in [3.05, 3.63) is 0 Å². The second-order valence-electron chi connectivity index (χ2n) is 3.26. The number of hydrogen-bond acceptors (Lipinski definition) is 3. The first kappa shape index (κ1) is 10.7. The molecule has 0 saturated carbocycles. The molecule has 1 fully saturated rings. The van der Waals surface area contributed by atoms with Crippen molar-refractivity contribution in [2.24, 2.45) is 0 Å². The Morgan fingerprint density at radius 3 is 2.29 bits per heavy atom. The van der Waals surface area contributed by atoms with Crippen LogP contribution in [-0.2, 0) is 9.59 Å². The summed E-state index contributed by atoms with van der Waals surface area (Å²) in [6.07, 6.45) is 1.20. The van der Waals surface area contributed by atoms with Gasteiger partial charge < -0.3 is 0 Å². The number of nitrogens with one attached hydrogen (secondary N) is 1. The summed E-state index contributed by atoms with van der Waals surface area (Å²) in [6, 6.07) is -0.685. The topological polar surface area (TPSA) is 66.5 Å². The Bertz CT molecular complexity index is 251. The van der Waals surface area contributed by atoms with Crippen LogP contribution < -0.4 is 5.32 Å². The van der Waals surface area contributed by atoms with E-state index in [1.807, 2.05) is 13.8 Å². The van der Waals surface area contributed by atoms with Crippen molar-refractivity contribution in [2.45, 2.75) is 39.2 Å². The van der Waals surface area contributed by atoms with Crippen LogP contribution in [0.2, 0.25) is 0 Å². The van der Waals surface area contributed by atoms with Crippen molar-refractivity contribution < 1.29 is 14.4 Å². The van der Waals surface area contributed by atoms with Gasteiger partial charge in [-0.3, -0.25) is 19.8 Å². The summed E-state index contributed by atoms with van der Waals surface area (Å²) in [5, 5.41) is 2.14. The molecule has 0 unspecified atom stereocenters. The SMILES string of the molecule is CCC(CC)N1C(=O)CC(=O)NC1=O. The molecule has 1 heterocycles. The lowest BCUT2D eigenvalue weighted by atomic mass is 10.1. The normalized spacial score (nSPS) is 17.6. The summed E-state index contributed by atoms with van der Waals surface area (Å²) in [7, 11) is 0. The quantitative estimate of drug-likeness (QED) is 0.677. The van der Waals surface area contributed by atoms with E-state index in [0.717, 1.165) is 4.90 Å². The van der Waals surface area contributed by atoms with E-state index < -0.39 is 17.8 Å². The molecular formula is C9H14N2O3. The van der Waals surface area contributed by atoms with E-state index in [-0.39, 0.29) is 12.5 Å². The lowest BCUT2D eigenvalue weighted by molar-refractivity contribution is -0.137. The van der Waals surface area contributed by atoms with Crippen molar-refractivity contribution >= 4 is 17.8 Å². The molecular weight excluding hydrogens is 184 g/mol. The zero-order chi connectivity index (χ0) is 10.7. The van der Waals surface area contributed by atoms with Gasteiger partial charge in [0.05, 0.1) is 0 Å². The number of barbiturate groups is 1. The zero-order valence-corrected chi connectivity index (χ0v) is 8.37. The highest BCUT2D eigenvalue weighted by atomic mass is 16.2. The summed E-state index contributed by atoms with van der Waals surface area (Å²) < 4.78 is 0. The van der Waals surface area contributed by atoms with Crippen LogP contribution in [0.5, 0.6) is 0 Å². The molecule has 0 aliphatic carbocycles. The molecule has 0 radical (unpaired) electrons. The summed E-state index contributed by atoms with van der Waals surface area (Å²) >= 11 is 0. The number of carbonyl (C=O) groups is 3. The molecule has 0 aromatic rings. The minimum atomic E-state index is -0.583. The Morgan fingerprint density at radius 2 is 1.86 bits per heavy atom. The van der Waals surface area contributed by atoms with Crippen LogP contribution in [0.1, 0.15) is 33.1 Å². The van der Waals surface area contributed by atoms with Gasteiger partial charge in [-0.1, -0.05) is 13.8 Å². The molecule has 1 saturated heterocycles. The second-order valence-corrected chi connectivity index (χ2v) is 3.26. The Balaban J connectivity index is 2.81. The Kier molecular flexibility index (Phi) is 3.22. The molecule has 0 bridgehead atoms.